The zero-order valence-electron chi connectivity index (χ0n) is 16.9. The third-order valence-electron chi connectivity index (χ3n) is 5.56. The number of hydrogen-bond acceptors (Lipinski definition) is 4. The molecule has 4 aromatic rings. The van der Waals surface area contributed by atoms with E-state index in [9.17, 15) is 0 Å². The van der Waals surface area contributed by atoms with E-state index in [0.717, 1.165) is 51.5 Å². The highest BCUT2D eigenvalue weighted by atomic mass is 15.3. The highest BCUT2D eigenvalue weighted by Gasteiger charge is 2.30. The third-order valence-corrected chi connectivity index (χ3v) is 5.56. The second kappa shape index (κ2) is 7.22. The topological polar surface area (TPSA) is 83.1 Å². The molecule has 0 amide bonds. The summed E-state index contributed by atoms with van der Waals surface area (Å²) < 4.78 is 0. The SMILES string of the molecule is Cc1cc(-c2n[nH]nc2-c2ccccc2)cc(-c2n[nH]nc2C2(C)C=CC=CC2)c1. The molecule has 1 atom stereocenters. The molecule has 0 saturated heterocycles. The standard InChI is InChI=1S/C24H22N6/c1-16-13-18(21-20(25-29-26-21)17-9-5-3-6-10-17)15-19(14-16)22-23(28-30-27-22)24(2)11-7-4-8-12-24/h3-11,13-15H,12H2,1-2H3,(H,25,26,29)(H,27,28,30). The lowest BCUT2D eigenvalue weighted by Crippen LogP contribution is -2.21. The molecule has 0 bridgehead atoms. The number of aromatic nitrogens is 6. The Morgan fingerprint density at radius 1 is 0.767 bits per heavy atom. The number of nitrogens with one attached hydrogen (secondary N) is 2. The van der Waals surface area contributed by atoms with Crippen LogP contribution in [0.15, 0.2) is 72.8 Å². The summed E-state index contributed by atoms with van der Waals surface area (Å²) in [5, 5.41) is 23.5. The minimum atomic E-state index is -0.190. The second-order valence-electron chi connectivity index (χ2n) is 7.90. The fourth-order valence-electron chi connectivity index (χ4n) is 4.02. The van der Waals surface area contributed by atoms with Crippen molar-refractivity contribution in [2.75, 3.05) is 0 Å². The van der Waals surface area contributed by atoms with Gasteiger partial charge in [-0.1, -0.05) is 61.6 Å². The van der Waals surface area contributed by atoms with Crippen LogP contribution >= 0.6 is 0 Å². The minimum Gasteiger partial charge on any atom is -0.197 e. The van der Waals surface area contributed by atoms with E-state index in [1.165, 1.54) is 0 Å². The molecule has 0 radical (unpaired) electrons. The van der Waals surface area contributed by atoms with E-state index in [0.29, 0.717) is 0 Å². The average Bonchev–Trinajstić information content (AvgIpc) is 3.45. The molecule has 0 saturated carbocycles. The molecule has 148 valence electrons. The smallest absolute Gasteiger partial charge is 0.120 e. The molecular formula is C24H22N6. The summed E-state index contributed by atoms with van der Waals surface area (Å²) in [6.45, 7) is 4.27. The Labute approximate surface area is 174 Å². The molecule has 30 heavy (non-hydrogen) atoms. The van der Waals surface area contributed by atoms with Gasteiger partial charge in [0.15, 0.2) is 0 Å². The molecule has 5 rings (SSSR count). The van der Waals surface area contributed by atoms with Crippen LogP contribution in [0, 0.1) is 6.92 Å². The quantitative estimate of drug-likeness (QED) is 0.510. The lowest BCUT2D eigenvalue weighted by Gasteiger charge is -2.25. The summed E-state index contributed by atoms with van der Waals surface area (Å²) in [5.41, 5.74) is 7.44. The van der Waals surface area contributed by atoms with Gasteiger partial charge in [0, 0.05) is 22.1 Å². The Kier molecular flexibility index (Phi) is 4.39. The molecule has 0 spiro atoms. The van der Waals surface area contributed by atoms with Gasteiger partial charge in [-0.3, -0.25) is 0 Å². The molecule has 6 heteroatoms. The number of rotatable bonds is 4. The van der Waals surface area contributed by atoms with Gasteiger partial charge in [0.2, 0.25) is 0 Å². The Bertz CT molecular complexity index is 1250. The highest BCUT2D eigenvalue weighted by Crippen LogP contribution is 2.38. The van der Waals surface area contributed by atoms with Crippen LogP contribution < -0.4 is 0 Å². The lowest BCUT2D eigenvalue weighted by molar-refractivity contribution is 0.578. The molecule has 0 fully saturated rings. The van der Waals surface area contributed by atoms with Crippen molar-refractivity contribution in [2.24, 2.45) is 0 Å². The molecule has 6 nitrogen and oxygen atoms in total. The molecule has 2 aromatic heterocycles. The molecule has 1 unspecified atom stereocenters. The average molecular weight is 394 g/mol. The Morgan fingerprint density at radius 3 is 2.17 bits per heavy atom. The van der Waals surface area contributed by atoms with Gasteiger partial charge in [-0.25, -0.2) is 0 Å². The van der Waals surface area contributed by atoms with Crippen LogP contribution in [-0.2, 0) is 5.41 Å². The Balaban J connectivity index is 1.61. The van der Waals surface area contributed by atoms with Crippen molar-refractivity contribution in [1.82, 2.24) is 30.8 Å². The summed E-state index contributed by atoms with van der Waals surface area (Å²) in [6, 6.07) is 16.5. The van der Waals surface area contributed by atoms with Crippen LogP contribution in [0.3, 0.4) is 0 Å². The minimum absolute atomic E-state index is 0.190. The first-order valence-corrected chi connectivity index (χ1v) is 9.98. The van der Waals surface area contributed by atoms with E-state index in [1.54, 1.807) is 0 Å². The lowest BCUT2D eigenvalue weighted by atomic mass is 9.79. The Hall–Kier alpha value is -3.80. The summed E-state index contributed by atoms with van der Waals surface area (Å²) >= 11 is 0. The van der Waals surface area contributed by atoms with Gasteiger partial charge in [-0.05, 0) is 37.1 Å². The van der Waals surface area contributed by atoms with Crippen molar-refractivity contribution in [3.8, 4) is 33.8 Å². The molecule has 0 aliphatic heterocycles. The fourth-order valence-corrected chi connectivity index (χ4v) is 4.02. The van der Waals surface area contributed by atoms with Gasteiger partial charge >= 0.3 is 0 Å². The summed E-state index contributed by atoms with van der Waals surface area (Å²) in [6.07, 6.45) is 9.40. The number of allylic oxidation sites excluding steroid dienone is 4. The maximum Gasteiger partial charge on any atom is 0.120 e. The van der Waals surface area contributed by atoms with Gasteiger partial charge in [0.25, 0.3) is 0 Å². The van der Waals surface area contributed by atoms with Crippen molar-refractivity contribution in [1.29, 1.82) is 0 Å². The number of hydrogen-bond donors (Lipinski definition) is 2. The molecule has 2 N–H and O–H groups in total. The van der Waals surface area contributed by atoms with E-state index in [-0.39, 0.29) is 5.41 Å². The van der Waals surface area contributed by atoms with Gasteiger partial charge < -0.3 is 0 Å². The van der Waals surface area contributed by atoms with Gasteiger partial charge in [-0.15, -0.1) is 0 Å². The van der Waals surface area contributed by atoms with Gasteiger partial charge in [-0.2, -0.15) is 30.8 Å². The number of H-pyrrole nitrogens is 2. The van der Waals surface area contributed by atoms with E-state index >= 15 is 0 Å². The molecular weight excluding hydrogens is 372 g/mol. The predicted octanol–water partition coefficient (Wildman–Crippen LogP) is 5.01. The van der Waals surface area contributed by atoms with Crippen LogP contribution in [0.1, 0.15) is 24.6 Å². The van der Waals surface area contributed by atoms with Gasteiger partial charge in [0.05, 0.1) is 0 Å². The van der Waals surface area contributed by atoms with E-state index in [1.807, 2.05) is 30.3 Å². The van der Waals surface area contributed by atoms with Crippen LogP contribution in [0.25, 0.3) is 33.8 Å². The molecule has 2 aromatic carbocycles. The zero-order valence-corrected chi connectivity index (χ0v) is 16.9. The van der Waals surface area contributed by atoms with E-state index in [2.05, 4.69) is 87.2 Å². The largest absolute Gasteiger partial charge is 0.197 e. The maximum atomic E-state index is 4.52. The zero-order chi connectivity index (χ0) is 20.6. The predicted molar refractivity (Wildman–Crippen MR) is 118 cm³/mol. The number of aryl methyl sites for hydroxylation is 1. The maximum absolute atomic E-state index is 4.52. The molecule has 1 aliphatic carbocycles. The normalized spacial score (nSPS) is 18.1. The summed E-state index contributed by atoms with van der Waals surface area (Å²) in [5.74, 6) is 0. The summed E-state index contributed by atoms with van der Waals surface area (Å²) in [7, 11) is 0. The molecule has 1 aliphatic rings. The number of nitrogens with zero attached hydrogens (tertiary/aromatic N) is 4. The van der Waals surface area contributed by atoms with Crippen molar-refractivity contribution in [2.45, 2.75) is 25.7 Å². The van der Waals surface area contributed by atoms with Crippen LogP contribution in [-0.4, -0.2) is 30.8 Å². The number of aromatic amines is 2. The van der Waals surface area contributed by atoms with Crippen molar-refractivity contribution in [3.63, 3.8) is 0 Å². The van der Waals surface area contributed by atoms with Crippen molar-refractivity contribution >= 4 is 0 Å². The van der Waals surface area contributed by atoms with Crippen LogP contribution in [0.4, 0.5) is 0 Å². The first-order chi connectivity index (χ1) is 14.6. The van der Waals surface area contributed by atoms with Crippen molar-refractivity contribution < 1.29 is 0 Å². The summed E-state index contributed by atoms with van der Waals surface area (Å²) in [4.78, 5) is 0. The monoisotopic (exact) mass is 394 g/mol. The third kappa shape index (κ3) is 3.16. The Morgan fingerprint density at radius 2 is 1.43 bits per heavy atom. The second-order valence-corrected chi connectivity index (χ2v) is 7.90. The van der Waals surface area contributed by atoms with E-state index < -0.39 is 0 Å². The fraction of sp³-hybridized carbons (Fsp3) is 0.167. The first kappa shape index (κ1) is 18.2. The number of benzene rings is 2. The van der Waals surface area contributed by atoms with Crippen LogP contribution in [0.5, 0.6) is 0 Å². The van der Waals surface area contributed by atoms with E-state index in [4.69, 9.17) is 0 Å². The highest BCUT2D eigenvalue weighted by molar-refractivity contribution is 5.80. The van der Waals surface area contributed by atoms with Crippen molar-refractivity contribution in [3.05, 3.63) is 84.1 Å². The molecule has 2 heterocycles. The first-order valence-electron chi connectivity index (χ1n) is 9.98. The van der Waals surface area contributed by atoms with Gasteiger partial charge in [0.1, 0.15) is 22.8 Å². The van der Waals surface area contributed by atoms with Crippen LogP contribution in [0.2, 0.25) is 0 Å².